The van der Waals surface area contributed by atoms with Crippen LogP contribution in [0.2, 0.25) is 0 Å². The Morgan fingerprint density at radius 3 is 2.00 bits per heavy atom. The minimum Gasteiger partial charge on any atom is -0.479 e. The third-order valence-corrected chi connectivity index (χ3v) is 3.49. The van der Waals surface area contributed by atoms with Crippen LogP contribution in [0.25, 0.3) is 0 Å². The maximum atomic E-state index is 13.0. The van der Waals surface area contributed by atoms with Crippen molar-refractivity contribution in [3.63, 3.8) is 0 Å². The van der Waals surface area contributed by atoms with Crippen LogP contribution in [0.5, 0.6) is 0 Å². The van der Waals surface area contributed by atoms with Crippen molar-refractivity contribution in [1.29, 1.82) is 0 Å². The molecule has 1 aliphatic rings. The molecule has 2 unspecified atom stereocenters. The highest BCUT2D eigenvalue weighted by atomic mass is 19.4. The number of aliphatic carboxylic acids is 1. The lowest BCUT2D eigenvalue weighted by Gasteiger charge is -2.35. The third kappa shape index (κ3) is 2.78. The van der Waals surface area contributed by atoms with Crippen LogP contribution in [-0.4, -0.2) is 48.0 Å². The van der Waals surface area contributed by atoms with Gasteiger partial charge >= 0.3 is 18.3 Å². The maximum Gasteiger partial charge on any atom is 0.422 e. The van der Waals surface area contributed by atoms with Crippen LogP contribution in [0.3, 0.4) is 0 Å². The molecule has 1 rings (SSSR count). The van der Waals surface area contributed by atoms with E-state index in [1.54, 1.807) is 0 Å². The molecule has 0 radical (unpaired) electrons. The Labute approximate surface area is 114 Å². The van der Waals surface area contributed by atoms with E-state index in [4.69, 9.17) is 5.11 Å². The summed E-state index contributed by atoms with van der Waals surface area (Å²) in [6.07, 6.45) is -11.3. The summed E-state index contributed by atoms with van der Waals surface area (Å²) in [6, 6.07) is 0. The molecule has 0 bridgehead atoms. The second-order valence-electron chi connectivity index (χ2n) is 4.89. The van der Waals surface area contributed by atoms with Crippen LogP contribution in [0.15, 0.2) is 0 Å². The largest absolute Gasteiger partial charge is 0.479 e. The molecular weight excluding hydrogens is 310 g/mol. The van der Waals surface area contributed by atoms with E-state index in [0.29, 0.717) is 0 Å². The van der Waals surface area contributed by atoms with E-state index in [2.05, 4.69) is 5.32 Å². The molecule has 3 N–H and O–H groups in total. The Morgan fingerprint density at radius 2 is 1.71 bits per heavy atom. The van der Waals surface area contributed by atoms with E-state index in [9.17, 15) is 35.9 Å². The highest BCUT2D eigenvalue weighted by Crippen LogP contribution is 2.44. The third-order valence-electron chi connectivity index (χ3n) is 3.49. The summed E-state index contributed by atoms with van der Waals surface area (Å²) in [6.45, 7) is -1.03. The number of hydrogen-bond donors (Lipinski definition) is 3. The first kappa shape index (κ1) is 17.5. The van der Waals surface area contributed by atoms with Crippen LogP contribution < -0.4 is 10.6 Å². The zero-order valence-corrected chi connectivity index (χ0v) is 10.7. The van der Waals surface area contributed by atoms with Crippen molar-refractivity contribution in [2.75, 3.05) is 13.1 Å². The number of halogens is 6. The Bertz CT molecular complexity index is 441. The number of carboxylic acids is 1. The number of carbonyl (C=O) groups is 2. The maximum absolute atomic E-state index is 13.0. The summed E-state index contributed by atoms with van der Waals surface area (Å²) in [5.41, 5.74) is -6.88. The van der Waals surface area contributed by atoms with Gasteiger partial charge in [-0.05, 0) is 19.9 Å². The minimum absolute atomic E-state index is 0.0969. The summed E-state index contributed by atoms with van der Waals surface area (Å²) < 4.78 is 77.2. The summed E-state index contributed by atoms with van der Waals surface area (Å²) in [5.74, 6) is -4.51. The Balaban J connectivity index is 3.16. The summed E-state index contributed by atoms with van der Waals surface area (Å²) in [7, 11) is 0. The number of alkyl halides is 6. The smallest absolute Gasteiger partial charge is 0.422 e. The average Bonchev–Trinajstić information content (AvgIpc) is 2.76. The van der Waals surface area contributed by atoms with Crippen LogP contribution in [-0.2, 0) is 9.59 Å². The fourth-order valence-electron chi connectivity index (χ4n) is 1.85. The van der Waals surface area contributed by atoms with Gasteiger partial charge in [0.25, 0.3) is 0 Å². The second kappa shape index (κ2) is 5.04. The highest BCUT2D eigenvalue weighted by molar-refractivity contribution is 5.91. The van der Waals surface area contributed by atoms with Gasteiger partial charge in [-0.1, -0.05) is 0 Å². The molecular formula is C10H12F6N2O3. The quantitative estimate of drug-likeness (QED) is 0.679. The number of carboxylic acid groups (broad SMARTS) is 1. The van der Waals surface area contributed by atoms with Crippen molar-refractivity contribution >= 4 is 11.9 Å². The molecule has 0 spiro atoms. The topological polar surface area (TPSA) is 78.4 Å². The lowest BCUT2D eigenvalue weighted by atomic mass is 9.84. The molecule has 21 heavy (non-hydrogen) atoms. The Kier molecular flexibility index (Phi) is 4.21. The molecule has 0 aliphatic carbocycles. The molecule has 122 valence electrons. The lowest BCUT2D eigenvalue weighted by Crippen LogP contribution is -2.66. The normalized spacial score (nSPS) is 26.2. The van der Waals surface area contributed by atoms with Crippen molar-refractivity contribution in [3.05, 3.63) is 0 Å². The minimum atomic E-state index is -5.45. The van der Waals surface area contributed by atoms with Crippen molar-refractivity contribution in [1.82, 2.24) is 10.6 Å². The summed E-state index contributed by atoms with van der Waals surface area (Å²) in [5, 5.41) is 11.9. The number of hydrogen-bond acceptors (Lipinski definition) is 3. The molecule has 0 aromatic carbocycles. The Morgan fingerprint density at radius 1 is 1.19 bits per heavy atom. The molecule has 0 aromatic heterocycles. The van der Waals surface area contributed by atoms with Crippen LogP contribution in [0.1, 0.15) is 13.3 Å². The molecule has 2 atom stereocenters. The first-order valence-electron chi connectivity index (χ1n) is 5.68. The second-order valence-corrected chi connectivity index (χ2v) is 4.89. The number of rotatable bonds is 3. The molecule has 1 amide bonds. The van der Waals surface area contributed by atoms with Gasteiger partial charge in [0.2, 0.25) is 11.4 Å². The zero-order chi connectivity index (χ0) is 16.7. The first-order valence-corrected chi connectivity index (χ1v) is 5.68. The fraction of sp³-hybridized carbons (Fsp3) is 0.800. The first-order chi connectivity index (χ1) is 9.28. The molecule has 1 fully saturated rings. The SMILES string of the molecule is CC(NC(=O)C1(C(F)(F)F)CCNC1)(C(=O)O)C(F)(F)F. The monoisotopic (exact) mass is 322 g/mol. The molecule has 5 nitrogen and oxygen atoms in total. The summed E-state index contributed by atoms with van der Waals surface area (Å²) in [4.78, 5) is 22.5. The highest BCUT2D eigenvalue weighted by Gasteiger charge is 2.65. The molecule has 1 aliphatic heterocycles. The van der Waals surface area contributed by atoms with Gasteiger partial charge in [-0.15, -0.1) is 0 Å². The van der Waals surface area contributed by atoms with E-state index in [1.165, 1.54) is 0 Å². The van der Waals surface area contributed by atoms with Crippen molar-refractivity contribution < 1.29 is 41.0 Å². The number of carbonyl (C=O) groups excluding carboxylic acids is 1. The molecule has 1 heterocycles. The number of amides is 1. The van der Waals surface area contributed by atoms with Crippen LogP contribution in [0.4, 0.5) is 26.3 Å². The standard InChI is InChI=1S/C10H12F6N2O3/c1-7(6(20)21,9(11,12)13)18-5(19)8(10(14,15)16)2-3-17-4-8/h17H,2-4H2,1H3,(H,18,19)(H,20,21). The van der Waals surface area contributed by atoms with Crippen LogP contribution >= 0.6 is 0 Å². The predicted octanol–water partition coefficient (Wildman–Crippen LogP) is 1.05. The zero-order valence-electron chi connectivity index (χ0n) is 10.7. The average molecular weight is 322 g/mol. The van der Waals surface area contributed by atoms with Crippen molar-refractivity contribution in [2.45, 2.75) is 31.2 Å². The van der Waals surface area contributed by atoms with Gasteiger partial charge in [-0.25, -0.2) is 4.79 Å². The van der Waals surface area contributed by atoms with Crippen LogP contribution in [0, 0.1) is 5.41 Å². The van der Waals surface area contributed by atoms with E-state index in [1.807, 2.05) is 0 Å². The van der Waals surface area contributed by atoms with Gasteiger partial charge in [0.05, 0.1) is 0 Å². The molecule has 1 saturated heterocycles. The van der Waals surface area contributed by atoms with E-state index >= 15 is 0 Å². The number of nitrogens with one attached hydrogen (secondary N) is 2. The summed E-state index contributed by atoms with van der Waals surface area (Å²) >= 11 is 0. The fourth-order valence-corrected chi connectivity index (χ4v) is 1.85. The Hall–Kier alpha value is -1.52. The molecule has 11 heteroatoms. The lowest BCUT2D eigenvalue weighted by molar-refractivity contribution is -0.228. The van der Waals surface area contributed by atoms with E-state index < -0.39 is 48.1 Å². The van der Waals surface area contributed by atoms with Crippen molar-refractivity contribution in [3.8, 4) is 0 Å². The van der Waals surface area contributed by atoms with Gasteiger partial charge < -0.3 is 15.7 Å². The van der Waals surface area contributed by atoms with Gasteiger partial charge in [-0.3, -0.25) is 4.79 Å². The van der Waals surface area contributed by atoms with Crippen molar-refractivity contribution in [2.24, 2.45) is 5.41 Å². The van der Waals surface area contributed by atoms with Gasteiger partial charge in [0.1, 0.15) is 0 Å². The van der Waals surface area contributed by atoms with Gasteiger partial charge in [0, 0.05) is 6.54 Å². The predicted molar refractivity (Wildman–Crippen MR) is 56.2 cm³/mol. The van der Waals surface area contributed by atoms with Gasteiger partial charge in [0.15, 0.2) is 5.41 Å². The molecule has 0 saturated carbocycles. The molecule has 0 aromatic rings. The van der Waals surface area contributed by atoms with E-state index in [-0.39, 0.29) is 13.5 Å². The van der Waals surface area contributed by atoms with Gasteiger partial charge in [-0.2, -0.15) is 26.3 Å². The van der Waals surface area contributed by atoms with E-state index in [0.717, 1.165) is 5.32 Å².